The standard InChI is InChI=1S/C18H19ClF3N3O2/c1-11-23-8-14(25-11)24-10-17(26,18(20,21)22)9-16(6-7-16)12-4-3-5-13(19)15(12)27-2/h3-5,8,10,26H,6-7,9H2,1-2H3,(H,23,25). The molecule has 146 valence electrons. The molecule has 5 nitrogen and oxygen atoms in total. The maximum absolute atomic E-state index is 13.7. The van der Waals surface area contributed by atoms with E-state index >= 15 is 0 Å². The lowest BCUT2D eigenvalue weighted by atomic mass is 9.82. The van der Waals surface area contributed by atoms with E-state index in [4.69, 9.17) is 16.3 Å². The van der Waals surface area contributed by atoms with Crippen LogP contribution in [0.2, 0.25) is 5.02 Å². The number of aromatic nitrogens is 2. The second-order valence-corrected chi connectivity index (χ2v) is 7.22. The molecular formula is C18H19ClF3N3O2. The van der Waals surface area contributed by atoms with Crippen molar-refractivity contribution in [2.24, 2.45) is 4.99 Å². The van der Waals surface area contributed by atoms with Gasteiger partial charge in [0.15, 0.2) is 5.60 Å². The van der Waals surface area contributed by atoms with Crippen LogP contribution < -0.4 is 4.74 Å². The Morgan fingerprint density at radius 3 is 2.63 bits per heavy atom. The summed E-state index contributed by atoms with van der Waals surface area (Å²) in [5, 5.41) is 10.8. The van der Waals surface area contributed by atoms with Crippen molar-refractivity contribution in [1.82, 2.24) is 9.97 Å². The summed E-state index contributed by atoms with van der Waals surface area (Å²) in [5.74, 6) is 0.989. The monoisotopic (exact) mass is 401 g/mol. The van der Waals surface area contributed by atoms with E-state index in [9.17, 15) is 18.3 Å². The predicted octanol–water partition coefficient (Wildman–Crippen LogP) is 4.50. The summed E-state index contributed by atoms with van der Waals surface area (Å²) in [6.45, 7) is 1.65. The van der Waals surface area contributed by atoms with Crippen LogP contribution in [0.15, 0.2) is 29.4 Å². The molecule has 0 saturated heterocycles. The first-order chi connectivity index (χ1) is 12.6. The maximum Gasteiger partial charge on any atom is 0.422 e. The van der Waals surface area contributed by atoms with Crippen molar-refractivity contribution in [2.45, 2.75) is 43.4 Å². The molecule has 0 aliphatic heterocycles. The maximum atomic E-state index is 13.7. The van der Waals surface area contributed by atoms with Crippen LogP contribution in [0.25, 0.3) is 0 Å². The van der Waals surface area contributed by atoms with Gasteiger partial charge in [-0.3, -0.25) is 0 Å². The fraction of sp³-hybridized carbons (Fsp3) is 0.444. The van der Waals surface area contributed by atoms with E-state index in [1.165, 1.54) is 13.3 Å². The number of aliphatic imine (C=N–C) groups is 1. The highest BCUT2D eigenvalue weighted by Crippen LogP contribution is 2.58. The molecular weight excluding hydrogens is 383 g/mol. The highest BCUT2D eigenvalue weighted by atomic mass is 35.5. The molecule has 9 heteroatoms. The number of ether oxygens (including phenoxy) is 1. The topological polar surface area (TPSA) is 70.5 Å². The summed E-state index contributed by atoms with van der Waals surface area (Å²) in [6, 6.07) is 4.95. The summed E-state index contributed by atoms with van der Waals surface area (Å²) in [4.78, 5) is 10.4. The molecule has 0 amide bonds. The van der Waals surface area contributed by atoms with Gasteiger partial charge in [-0.2, -0.15) is 13.2 Å². The Kier molecular flexibility index (Phi) is 4.98. The molecule has 1 aromatic heterocycles. The number of nitrogens with zero attached hydrogens (tertiary/aromatic N) is 2. The molecule has 1 fully saturated rings. The SMILES string of the molecule is COc1c(Cl)cccc1C1(CC(O)(C=Nc2cnc(C)[nH]2)C(F)(F)F)CC1. The minimum Gasteiger partial charge on any atom is -0.495 e. The van der Waals surface area contributed by atoms with Gasteiger partial charge in [0.2, 0.25) is 0 Å². The average molecular weight is 402 g/mol. The fourth-order valence-corrected chi connectivity index (χ4v) is 3.46. The van der Waals surface area contributed by atoms with E-state index in [1.807, 2.05) is 0 Å². The number of methoxy groups -OCH3 is 1. The van der Waals surface area contributed by atoms with Crippen LogP contribution in [-0.2, 0) is 5.41 Å². The second-order valence-electron chi connectivity index (χ2n) is 6.81. The molecule has 1 aliphatic carbocycles. The van der Waals surface area contributed by atoms with E-state index in [-0.39, 0.29) is 5.82 Å². The number of aliphatic hydroxyl groups is 1. The van der Waals surface area contributed by atoms with E-state index in [2.05, 4.69) is 15.0 Å². The summed E-state index contributed by atoms with van der Waals surface area (Å²) >= 11 is 6.12. The third kappa shape index (κ3) is 3.82. The Morgan fingerprint density at radius 1 is 1.41 bits per heavy atom. The lowest BCUT2D eigenvalue weighted by Crippen LogP contribution is -2.49. The van der Waals surface area contributed by atoms with Gasteiger partial charge in [-0.05, 0) is 25.8 Å². The Hall–Kier alpha value is -2.06. The largest absolute Gasteiger partial charge is 0.495 e. The molecule has 1 aliphatic rings. The van der Waals surface area contributed by atoms with Gasteiger partial charge >= 0.3 is 6.18 Å². The number of hydrogen-bond acceptors (Lipinski definition) is 4. The molecule has 1 heterocycles. The van der Waals surface area contributed by atoms with Crippen LogP contribution >= 0.6 is 11.6 Å². The summed E-state index contributed by atoms with van der Waals surface area (Å²) in [5.41, 5.74) is -3.42. The summed E-state index contributed by atoms with van der Waals surface area (Å²) < 4.78 is 46.5. The molecule has 1 saturated carbocycles. The van der Waals surface area contributed by atoms with Gasteiger partial charge in [0, 0.05) is 23.6 Å². The third-order valence-electron chi connectivity index (χ3n) is 4.80. The first kappa shape index (κ1) is 19.7. The van der Waals surface area contributed by atoms with E-state index < -0.39 is 23.6 Å². The zero-order valence-corrected chi connectivity index (χ0v) is 15.5. The van der Waals surface area contributed by atoms with Crippen molar-refractivity contribution < 1.29 is 23.0 Å². The summed E-state index contributed by atoms with van der Waals surface area (Å²) in [6.07, 6.45) is -2.66. The number of alkyl halides is 3. The normalized spacial score (nSPS) is 18.5. The number of aryl methyl sites for hydroxylation is 1. The van der Waals surface area contributed by atoms with Gasteiger partial charge in [0.05, 0.1) is 18.3 Å². The van der Waals surface area contributed by atoms with Gasteiger partial charge in [0.1, 0.15) is 17.4 Å². The number of hydrogen-bond donors (Lipinski definition) is 2. The van der Waals surface area contributed by atoms with Crippen molar-refractivity contribution in [1.29, 1.82) is 0 Å². The van der Waals surface area contributed by atoms with Gasteiger partial charge in [-0.25, -0.2) is 9.98 Å². The lowest BCUT2D eigenvalue weighted by molar-refractivity contribution is -0.233. The van der Waals surface area contributed by atoms with Crippen LogP contribution in [0, 0.1) is 6.92 Å². The zero-order valence-electron chi connectivity index (χ0n) is 14.8. The fourth-order valence-electron chi connectivity index (χ4n) is 3.21. The Morgan fingerprint density at radius 2 is 2.11 bits per heavy atom. The van der Waals surface area contributed by atoms with E-state index in [0.29, 0.717) is 41.2 Å². The number of nitrogens with one attached hydrogen (secondary N) is 1. The second kappa shape index (κ2) is 6.83. The van der Waals surface area contributed by atoms with E-state index in [0.717, 1.165) is 0 Å². The molecule has 0 bridgehead atoms. The highest BCUT2D eigenvalue weighted by Gasteiger charge is 2.60. The van der Waals surface area contributed by atoms with E-state index in [1.54, 1.807) is 25.1 Å². The zero-order chi connectivity index (χ0) is 19.9. The number of para-hydroxylation sites is 1. The number of halogens is 4. The first-order valence-electron chi connectivity index (χ1n) is 8.29. The Labute approximate surface area is 159 Å². The number of H-pyrrole nitrogens is 1. The van der Waals surface area contributed by atoms with Crippen molar-refractivity contribution in [2.75, 3.05) is 7.11 Å². The molecule has 2 N–H and O–H groups in total. The van der Waals surface area contributed by atoms with Crippen LogP contribution in [0.3, 0.4) is 0 Å². The molecule has 0 radical (unpaired) electrons. The molecule has 2 aromatic rings. The Bertz CT molecular complexity index is 862. The average Bonchev–Trinajstić information content (AvgIpc) is 3.24. The van der Waals surface area contributed by atoms with Crippen LogP contribution in [-0.4, -0.2) is 40.2 Å². The van der Waals surface area contributed by atoms with Crippen molar-refractivity contribution in [3.05, 3.63) is 40.8 Å². The molecule has 1 atom stereocenters. The van der Waals surface area contributed by atoms with Crippen LogP contribution in [0.1, 0.15) is 30.7 Å². The number of rotatable bonds is 6. The van der Waals surface area contributed by atoms with Crippen molar-refractivity contribution >= 4 is 23.6 Å². The summed E-state index contributed by atoms with van der Waals surface area (Å²) in [7, 11) is 1.42. The quantitative estimate of drug-likeness (QED) is 0.700. The lowest BCUT2D eigenvalue weighted by Gasteiger charge is -2.31. The molecule has 27 heavy (non-hydrogen) atoms. The Balaban J connectivity index is 1.96. The van der Waals surface area contributed by atoms with Gasteiger partial charge < -0.3 is 14.8 Å². The van der Waals surface area contributed by atoms with Gasteiger partial charge in [-0.15, -0.1) is 0 Å². The van der Waals surface area contributed by atoms with Gasteiger partial charge in [-0.1, -0.05) is 23.7 Å². The first-order valence-corrected chi connectivity index (χ1v) is 8.67. The van der Waals surface area contributed by atoms with Crippen molar-refractivity contribution in [3.63, 3.8) is 0 Å². The molecule has 1 aromatic carbocycles. The number of benzene rings is 1. The number of imidazole rings is 1. The van der Waals surface area contributed by atoms with Crippen LogP contribution in [0.5, 0.6) is 5.75 Å². The molecule has 3 rings (SSSR count). The van der Waals surface area contributed by atoms with Crippen LogP contribution in [0.4, 0.5) is 19.0 Å². The molecule has 1 unspecified atom stereocenters. The van der Waals surface area contributed by atoms with Crippen molar-refractivity contribution in [3.8, 4) is 5.75 Å². The highest BCUT2D eigenvalue weighted by molar-refractivity contribution is 6.32. The minimum atomic E-state index is -4.90. The number of aromatic amines is 1. The molecule has 0 spiro atoms. The minimum absolute atomic E-state index is 0.139. The van der Waals surface area contributed by atoms with Gasteiger partial charge in [0.25, 0.3) is 0 Å². The smallest absolute Gasteiger partial charge is 0.422 e. The third-order valence-corrected chi connectivity index (χ3v) is 5.10. The predicted molar refractivity (Wildman–Crippen MR) is 96.0 cm³/mol.